The molecule has 0 radical (unpaired) electrons. The Morgan fingerprint density at radius 2 is 2.28 bits per heavy atom. The molecule has 2 N–H and O–H groups in total. The fraction of sp³-hybridized carbons (Fsp3) is 0.455. The minimum Gasteiger partial charge on any atom is -0.481 e. The SMILES string of the molecule is CC(CN(C)C(=O)NCc1ccncn1)C(=O)O. The Hall–Kier alpha value is -2.18. The molecule has 1 atom stereocenters. The van der Waals surface area contributed by atoms with E-state index in [1.807, 2.05) is 0 Å². The first-order chi connectivity index (χ1) is 8.50. The van der Waals surface area contributed by atoms with Crippen LogP contribution in [0, 0.1) is 5.92 Å². The molecule has 0 aromatic carbocycles. The summed E-state index contributed by atoms with van der Waals surface area (Å²) in [4.78, 5) is 31.4. The lowest BCUT2D eigenvalue weighted by Gasteiger charge is -2.19. The van der Waals surface area contributed by atoms with Gasteiger partial charge in [-0.3, -0.25) is 4.79 Å². The van der Waals surface area contributed by atoms with Crippen LogP contribution in [0.3, 0.4) is 0 Å². The Labute approximate surface area is 105 Å². The molecule has 0 aliphatic heterocycles. The van der Waals surface area contributed by atoms with Gasteiger partial charge in [0, 0.05) is 19.8 Å². The largest absolute Gasteiger partial charge is 0.481 e. The van der Waals surface area contributed by atoms with E-state index in [1.165, 1.54) is 11.2 Å². The monoisotopic (exact) mass is 252 g/mol. The summed E-state index contributed by atoms with van der Waals surface area (Å²) in [6.45, 7) is 1.99. The Kier molecular flexibility index (Phi) is 5.04. The van der Waals surface area contributed by atoms with Gasteiger partial charge in [-0.2, -0.15) is 0 Å². The molecule has 1 rings (SSSR count). The van der Waals surface area contributed by atoms with Gasteiger partial charge in [-0.25, -0.2) is 14.8 Å². The number of rotatable bonds is 5. The summed E-state index contributed by atoms with van der Waals surface area (Å²) in [7, 11) is 1.55. The van der Waals surface area contributed by atoms with Crippen molar-refractivity contribution in [3.05, 3.63) is 24.3 Å². The van der Waals surface area contributed by atoms with Crippen LogP contribution in [0.1, 0.15) is 12.6 Å². The van der Waals surface area contributed by atoms with Crippen molar-refractivity contribution in [3.8, 4) is 0 Å². The molecule has 0 saturated heterocycles. The van der Waals surface area contributed by atoms with E-state index in [2.05, 4.69) is 15.3 Å². The molecule has 1 aromatic rings. The average molecular weight is 252 g/mol. The zero-order chi connectivity index (χ0) is 13.5. The van der Waals surface area contributed by atoms with Gasteiger partial charge in [0.2, 0.25) is 0 Å². The predicted molar refractivity (Wildman–Crippen MR) is 63.7 cm³/mol. The number of hydrogen-bond acceptors (Lipinski definition) is 4. The maximum absolute atomic E-state index is 11.7. The van der Waals surface area contributed by atoms with Gasteiger partial charge in [-0.1, -0.05) is 6.92 Å². The predicted octanol–water partition coefficient (Wildman–Crippen LogP) is 0.339. The summed E-state index contributed by atoms with van der Waals surface area (Å²) in [6, 6.07) is 1.36. The highest BCUT2D eigenvalue weighted by molar-refractivity contribution is 5.75. The van der Waals surface area contributed by atoms with Crippen LogP contribution in [-0.2, 0) is 11.3 Å². The first-order valence-electron chi connectivity index (χ1n) is 5.47. The van der Waals surface area contributed by atoms with E-state index in [0.29, 0.717) is 5.69 Å². The van der Waals surface area contributed by atoms with E-state index in [-0.39, 0.29) is 19.1 Å². The van der Waals surface area contributed by atoms with Crippen molar-refractivity contribution in [2.45, 2.75) is 13.5 Å². The lowest BCUT2D eigenvalue weighted by molar-refractivity contribution is -0.141. The van der Waals surface area contributed by atoms with Crippen molar-refractivity contribution in [1.29, 1.82) is 0 Å². The first kappa shape index (κ1) is 13.9. The Balaban J connectivity index is 2.39. The fourth-order valence-electron chi connectivity index (χ4n) is 1.30. The van der Waals surface area contributed by atoms with Crippen LogP contribution >= 0.6 is 0 Å². The molecule has 0 aliphatic rings. The lowest BCUT2D eigenvalue weighted by atomic mass is 10.2. The van der Waals surface area contributed by atoms with Crippen LogP contribution in [0.5, 0.6) is 0 Å². The second-order valence-electron chi connectivity index (χ2n) is 3.98. The van der Waals surface area contributed by atoms with Gasteiger partial charge in [-0.05, 0) is 6.07 Å². The van der Waals surface area contributed by atoms with E-state index in [4.69, 9.17) is 5.11 Å². The summed E-state index contributed by atoms with van der Waals surface area (Å²) < 4.78 is 0. The maximum Gasteiger partial charge on any atom is 0.317 e. The summed E-state index contributed by atoms with van der Waals surface area (Å²) in [6.07, 6.45) is 2.99. The molecule has 0 fully saturated rings. The van der Waals surface area contributed by atoms with Gasteiger partial charge in [0.05, 0.1) is 18.2 Å². The van der Waals surface area contributed by atoms with Crippen LogP contribution < -0.4 is 5.32 Å². The quantitative estimate of drug-likeness (QED) is 0.787. The summed E-state index contributed by atoms with van der Waals surface area (Å²) >= 11 is 0. The highest BCUT2D eigenvalue weighted by Crippen LogP contribution is 1.99. The molecule has 2 amide bonds. The van der Waals surface area contributed by atoms with Crippen LogP contribution in [-0.4, -0.2) is 45.6 Å². The summed E-state index contributed by atoms with van der Waals surface area (Å²) in [5, 5.41) is 11.4. The molecule has 18 heavy (non-hydrogen) atoms. The number of hydrogen-bond donors (Lipinski definition) is 2. The number of carboxylic acids is 1. The number of urea groups is 1. The molecule has 0 saturated carbocycles. The third-order valence-electron chi connectivity index (χ3n) is 2.38. The van der Waals surface area contributed by atoms with Crippen molar-refractivity contribution >= 4 is 12.0 Å². The van der Waals surface area contributed by atoms with Crippen molar-refractivity contribution in [3.63, 3.8) is 0 Å². The smallest absolute Gasteiger partial charge is 0.317 e. The Morgan fingerprint density at radius 1 is 1.56 bits per heavy atom. The van der Waals surface area contributed by atoms with Crippen LogP contribution in [0.15, 0.2) is 18.6 Å². The van der Waals surface area contributed by atoms with Crippen LogP contribution in [0.25, 0.3) is 0 Å². The lowest BCUT2D eigenvalue weighted by Crippen LogP contribution is -2.40. The normalized spacial score (nSPS) is 11.7. The number of nitrogens with zero attached hydrogens (tertiary/aromatic N) is 3. The fourth-order valence-corrected chi connectivity index (χ4v) is 1.30. The molecule has 98 valence electrons. The van der Waals surface area contributed by atoms with Crippen molar-refractivity contribution in [2.75, 3.05) is 13.6 Å². The van der Waals surface area contributed by atoms with Gasteiger partial charge < -0.3 is 15.3 Å². The molecule has 7 heteroatoms. The molecule has 7 nitrogen and oxygen atoms in total. The Bertz CT molecular complexity index is 410. The van der Waals surface area contributed by atoms with E-state index < -0.39 is 11.9 Å². The standard InChI is InChI=1S/C11H16N4O3/c1-8(10(16)17)6-15(2)11(18)13-5-9-3-4-12-7-14-9/h3-4,7-8H,5-6H2,1-2H3,(H,13,18)(H,16,17). The zero-order valence-electron chi connectivity index (χ0n) is 10.3. The van der Waals surface area contributed by atoms with Gasteiger partial charge in [0.1, 0.15) is 6.33 Å². The molecule has 1 aromatic heterocycles. The van der Waals surface area contributed by atoms with Crippen molar-refractivity contribution in [2.24, 2.45) is 5.92 Å². The number of aromatic nitrogens is 2. The molecule has 1 heterocycles. The van der Waals surface area contributed by atoms with E-state index >= 15 is 0 Å². The van der Waals surface area contributed by atoms with E-state index in [1.54, 1.807) is 26.2 Å². The number of carbonyl (C=O) groups excluding carboxylic acids is 1. The second kappa shape index (κ2) is 6.53. The van der Waals surface area contributed by atoms with Crippen LogP contribution in [0.2, 0.25) is 0 Å². The first-order valence-corrected chi connectivity index (χ1v) is 5.47. The molecule has 0 aliphatic carbocycles. The molecule has 0 bridgehead atoms. The third kappa shape index (κ3) is 4.36. The number of nitrogens with one attached hydrogen (secondary N) is 1. The number of amides is 2. The molecular formula is C11H16N4O3. The van der Waals surface area contributed by atoms with Gasteiger partial charge >= 0.3 is 12.0 Å². The summed E-state index contributed by atoms with van der Waals surface area (Å²) in [5.74, 6) is -1.52. The topological polar surface area (TPSA) is 95.4 Å². The Morgan fingerprint density at radius 3 is 2.83 bits per heavy atom. The number of aliphatic carboxylic acids is 1. The van der Waals surface area contributed by atoms with E-state index in [9.17, 15) is 9.59 Å². The maximum atomic E-state index is 11.7. The minimum atomic E-state index is -0.926. The number of carboxylic acid groups (broad SMARTS) is 1. The highest BCUT2D eigenvalue weighted by Gasteiger charge is 2.16. The van der Waals surface area contributed by atoms with Crippen molar-refractivity contribution < 1.29 is 14.7 Å². The van der Waals surface area contributed by atoms with Crippen molar-refractivity contribution in [1.82, 2.24) is 20.2 Å². The highest BCUT2D eigenvalue weighted by atomic mass is 16.4. The summed E-state index contributed by atoms with van der Waals surface area (Å²) in [5.41, 5.74) is 0.693. The van der Waals surface area contributed by atoms with Gasteiger partial charge in [0.25, 0.3) is 0 Å². The molecule has 0 spiro atoms. The number of carbonyl (C=O) groups is 2. The van der Waals surface area contributed by atoms with Gasteiger partial charge in [-0.15, -0.1) is 0 Å². The van der Waals surface area contributed by atoms with Crippen LogP contribution in [0.4, 0.5) is 4.79 Å². The van der Waals surface area contributed by atoms with Gasteiger partial charge in [0.15, 0.2) is 0 Å². The minimum absolute atomic E-state index is 0.158. The van der Waals surface area contributed by atoms with E-state index in [0.717, 1.165) is 0 Å². The third-order valence-corrected chi connectivity index (χ3v) is 2.38. The molecular weight excluding hydrogens is 236 g/mol. The zero-order valence-corrected chi connectivity index (χ0v) is 10.3. The molecule has 1 unspecified atom stereocenters. The average Bonchev–Trinajstić information content (AvgIpc) is 2.36. The second-order valence-corrected chi connectivity index (χ2v) is 3.98.